The number of benzene rings is 1. The molecule has 0 spiro atoms. The molecule has 25 heavy (non-hydrogen) atoms. The van der Waals surface area contributed by atoms with Crippen molar-refractivity contribution in [2.24, 2.45) is 5.73 Å². The Morgan fingerprint density at radius 1 is 1.20 bits per heavy atom. The number of nitrogens with zero attached hydrogens (tertiary/aromatic N) is 2. The highest BCUT2D eigenvalue weighted by atomic mass is 32.2. The predicted molar refractivity (Wildman–Crippen MR) is 83.5 cm³/mol. The van der Waals surface area contributed by atoms with Crippen molar-refractivity contribution < 1.29 is 21.6 Å². The van der Waals surface area contributed by atoms with Gasteiger partial charge in [0.25, 0.3) is 0 Å². The second kappa shape index (κ2) is 5.81. The zero-order valence-corrected chi connectivity index (χ0v) is 13.7. The summed E-state index contributed by atoms with van der Waals surface area (Å²) in [4.78, 5) is 10.1. The highest BCUT2D eigenvalue weighted by Crippen LogP contribution is 2.34. The van der Waals surface area contributed by atoms with Crippen LogP contribution in [0.2, 0.25) is 0 Å². The average Bonchev–Trinajstić information content (AvgIpc) is 2.99. The van der Waals surface area contributed by atoms with Gasteiger partial charge >= 0.3 is 6.18 Å². The smallest absolute Gasteiger partial charge is 0.345 e. The van der Waals surface area contributed by atoms with Crippen LogP contribution in [0.4, 0.5) is 13.2 Å². The van der Waals surface area contributed by atoms with Gasteiger partial charge in [0.15, 0.2) is 10.7 Å². The summed E-state index contributed by atoms with van der Waals surface area (Å²) in [6.07, 6.45) is -3.47. The van der Waals surface area contributed by atoms with E-state index >= 15 is 0 Å². The van der Waals surface area contributed by atoms with E-state index in [4.69, 9.17) is 5.73 Å². The van der Waals surface area contributed by atoms with Crippen molar-refractivity contribution in [3.63, 3.8) is 0 Å². The Bertz CT molecular complexity index is 1040. The van der Waals surface area contributed by atoms with Crippen molar-refractivity contribution in [2.45, 2.75) is 29.1 Å². The molecule has 0 saturated heterocycles. The molecule has 1 atom stereocenters. The number of halogens is 3. The molecule has 3 aromatic rings. The van der Waals surface area contributed by atoms with Gasteiger partial charge in [0.2, 0.25) is 9.84 Å². The first-order valence-electron chi connectivity index (χ1n) is 7.10. The third-order valence-electron chi connectivity index (χ3n) is 3.58. The summed E-state index contributed by atoms with van der Waals surface area (Å²) in [5, 5.41) is -0.808. The highest BCUT2D eigenvalue weighted by molar-refractivity contribution is 7.91. The quantitative estimate of drug-likeness (QED) is 0.738. The fourth-order valence-electron chi connectivity index (χ4n) is 2.32. The maximum atomic E-state index is 13.1. The van der Waals surface area contributed by atoms with E-state index in [1.807, 2.05) is 0 Å². The summed E-state index contributed by atoms with van der Waals surface area (Å²) in [5.41, 5.74) is 5.19. The van der Waals surface area contributed by atoms with Crippen LogP contribution in [-0.4, -0.2) is 29.5 Å². The van der Waals surface area contributed by atoms with E-state index in [-0.39, 0.29) is 16.1 Å². The van der Waals surface area contributed by atoms with Crippen LogP contribution in [0, 0.1) is 6.92 Å². The van der Waals surface area contributed by atoms with E-state index < -0.39 is 32.8 Å². The number of fused-ring (bicyclic) bond motifs is 1. The summed E-state index contributed by atoms with van der Waals surface area (Å²) in [6.45, 7) is 1.67. The minimum Gasteiger partial charge on any atom is -0.345 e. The third-order valence-corrected chi connectivity index (χ3v) is 5.26. The number of aryl methyl sites for hydroxylation is 1. The fourth-order valence-corrected chi connectivity index (χ4v) is 3.80. The second-order valence-electron chi connectivity index (χ2n) is 5.46. The molecule has 132 valence electrons. The number of H-pyrrole nitrogens is 1. The lowest BCUT2D eigenvalue weighted by Gasteiger charge is -2.18. The topological polar surface area (TPSA) is 102 Å². The van der Waals surface area contributed by atoms with Gasteiger partial charge in [0, 0.05) is 6.20 Å². The molecule has 0 saturated carbocycles. The van der Waals surface area contributed by atoms with E-state index in [0.717, 1.165) is 0 Å². The standard InChI is InChI=1S/C15H13F3N4O2S/c1-8-3-2-4-9(7-8)25(23,24)14-11(12(19)15(16,17)18)21-10-5-6-20-13(10)22-14/h2-7,12H,19H2,1H3,(H,20,22). The molecule has 10 heteroatoms. The maximum absolute atomic E-state index is 13.1. The minimum atomic E-state index is -4.87. The van der Waals surface area contributed by atoms with E-state index in [2.05, 4.69) is 15.0 Å². The van der Waals surface area contributed by atoms with E-state index in [1.54, 1.807) is 13.0 Å². The highest BCUT2D eigenvalue weighted by Gasteiger charge is 2.43. The summed E-state index contributed by atoms with van der Waals surface area (Å²) < 4.78 is 65.0. The van der Waals surface area contributed by atoms with Crippen LogP contribution in [0.15, 0.2) is 46.5 Å². The summed E-state index contributed by atoms with van der Waals surface area (Å²) >= 11 is 0. The average molecular weight is 370 g/mol. The lowest BCUT2D eigenvalue weighted by molar-refractivity contribution is -0.150. The van der Waals surface area contributed by atoms with Crippen LogP contribution in [0.3, 0.4) is 0 Å². The SMILES string of the molecule is Cc1cccc(S(=O)(=O)c2nc3[nH]ccc3nc2C(N)C(F)(F)F)c1. The van der Waals surface area contributed by atoms with E-state index in [1.165, 1.54) is 30.5 Å². The Morgan fingerprint density at radius 2 is 1.92 bits per heavy atom. The summed E-state index contributed by atoms with van der Waals surface area (Å²) in [7, 11) is -4.34. The number of rotatable bonds is 3. The third kappa shape index (κ3) is 3.10. The first-order valence-corrected chi connectivity index (χ1v) is 8.58. The molecule has 2 aromatic heterocycles. The number of aromatic amines is 1. The van der Waals surface area contributed by atoms with Gasteiger partial charge in [0.1, 0.15) is 17.3 Å². The molecule has 6 nitrogen and oxygen atoms in total. The zero-order valence-electron chi connectivity index (χ0n) is 12.9. The first kappa shape index (κ1) is 17.4. The Kier molecular flexibility index (Phi) is 4.04. The normalized spacial score (nSPS) is 14.0. The van der Waals surface area contributed by atoms with E-state index in [0.29, 0.717) is 5.56 Å². The van der Waals surface area contributed by atoms with E-state index in [9.17, 15) is 21.6 Å². The number of nitrogens with two attached hydrogens (primary N) is 1. The molecule has 0 amide bonds. The predicted octanol–water partition coefficient (Wildman–Crippen LogP) is 2.66. The molecular formula is C15H13F3N4O2S. The summed E-state index contributed by atoms with van der Waals surface area (Å²) in [6, 6.07) is 4.60. The van der Waals surface area contributed by atoms with Crippen molar-refractivity contribution in [1.82, 2.24) is 15.0 Å². The molecule has 3 N–H and O–H groups in total. The van der Waals surface area contributed by atoms with Gasteiger partial charge in [-0.05, 0) is 30.7 Å². The van der Waals surface area contributed by atoms with Gasteiger partial charge in [0.05, 0.1) is 4.90 Å². The lowest BCUT2D eigenvalue weighted by Crippen LogP contribution is -2.31. The molecule has 0 radical (unpaired) electrons. The Labute approximate surface area is 140 Å². The minimum absolute atomic E-state index is 0.0596. The van der Waals surface area contributed by atoms with Gasteiger partial charge < -0.3 is 10.7 Å². The summed E-state index contributed by atoms with van der Waals surface area (Å²) in [5.74, 6) is 0. The van der Waals surface area contributed by atoms with Crippen LogP contribution in [0.1, 0.15) is 17.3 Å². The van der Waals surface area contributed by atoms with Crippen LogP contribution in [-0.2, 0) is 9.84 Å². The van der Waals surface area contributed by atoms with Gasteiger partial charge in [-0.3, -0.25) is 0 Å². The number of alkyl halides is 3. The van der Waals surface area contributed by atoms with Crippen LogP contribution < -0.4 is 5.73 Å². The molecule has 0 aliphatic heterocycles. The molecule has 0 fully saturated rings. The molecule has 3 rings (SSSR count). The number of hydrogen-bond acceptors (Lipinski definition) is 5. The zero-order chi connectivity index (χ0) is 18.4. The number of hydrogen-bond donors (Lipinski definition) is 2. The van der Waals surface area contributed by atoms with Crippen molar-refractivity contribution in [1.29, 1.82) is 0 Å². The van der Waals surface area contributed by atoms with Crippen LogP contribution >= 0.6 is 0 Å². The van der Waals surface area contributed by atoms with Crippen molar-refractivity contribution in [3.8, 4) is 0 Å². The van der Waals surface area contributed by atoms with Crippen molar-refractivity contribution >= 4 is 21.0 Å². The molecular weight excluding hydrogens is 357 g/mol. The van der Waals surface area contributed by atoms with Gasteiger partial charge in [-0.2, -0.15) is 13.2 Å². The molecule has 0 bridgehead atoms. The van der Waals surface area contributed by atoms with Gasteiger partial charge in [-0.15, -0.1) is 0 Å². The van der Waals surface area contributed by atoms with Crippen LogP contribution in [0.25, 0.3) is 11.2 Å². The maximum Gasteiger partial charge on any atom is 0.409 e. The Hall–Kier alpha value is -2.46. The Morgan fingerprint density at radius 3 is 2.56 bits per heavy atom. The first-order chi connectivity index (χ1) is 11.6. The monoisotopic (exact) mass is 370 g/mol. The second-order valence-corrected chi connectivity index (χ2v) is 7.33. The van der Waals surface area contributed by atoms with Crippen molar-refractivity contribution in [2.75, 3.05) is 0 Å². The molecule has 0 aliphatic carbocycles. The number of aromatic nitrogens is 3. The molecule has 1 aromatic carbocycles. The Balaban J connectivity index is 2.30. The van der Waals surface area contributed by atoms with Crippen molar-refractivity contribution in [3.05, 3.63) is 47.8 Å². The number of sulfone groups is 1. The molecule has 2 heterocycles. The fraction of sp³-hybridized carbons (Fsp3) is 0.200. The number of nitrogens with one attached hydrogen (secondary N) is 1. The molecule has 0 aliphatic rings. The van der Waals surface area contributed by atoms with Gasteiger partial charge in [-0.25, -0.2) is 18.4 Å². The largest absolute Gasteiger partial charge is 0.409 e. The lowest BCUT2D eigenvalue weighted by atomic mass is 10.2. The molecule has 1 unspecified atom stereocenters. The van der Waals surface area contributed by atoms with Crippen LogP contribution in [0.5, 0.6) is 0 Å². The van der Waals surface area contributed by atoms with Gasteiger partial charge in [-0.1, -0.05) is 12.1 Å².